The van der Waals surface area contributed by atoms with E-state index in [1.807, 2.05) is 13.8 Å². The van der Waals surface area contributed by atoms with Gasteiger partial charge in [0.15, 0.2) is 0 Å². The number of aliphatic hydroxyl groups excluding tert-OH is 1. The van der Waals surface area contributed by atoms with Crippen LogP contribution in [0.4, 0.5) is 0 Å². The van der Waals surface area contributed by atoms with Crippen molar-refractivity contribution in [2.24, 2.45) is 0 Å². The number of aliphatic hydroxyl groups is 1. The predicted molar refractivity (Wildman–Crippen MR) is 113 cm³/mol. The second kappa shape index (κ2) is 12.5. The highest BCUT2D eigenvalue weighted by Gasteiger charge is 2.39. The second-order valence-corrected chi connectivity index (χ2v) is 8.23. The Morgan fingerprint density at radius 1 is 1.37 bits per heavy atom. The third-order valence-electron chi connectivity index (χ3n) is 4.07. The number of nitrogens with one attached hydrogen (secondary N) is 1. The lowest BCUT2D eigenvalue weighted by Gasteiger charge is -2.17. The molecule has 1 fully saturated rings. The molecule has 0 saturated carbocycles. The van der Waals surface area contributed by atoms with E-state index in [-0.39, 0.29) is 12.0 Å². The van der Waals surface area contributed by atoms with E-state index >= 15 is 0 Å². The van der Waals surface area contributed by atoms with Gasteiger partial charge in [-0.25, -0.2) is 4.79 Å². The van der Waals surface area contributed by atoms with Crippen molar-refractivity contribution in [3.63, 3.8) is 0 Å². The summed E-state index contributed by atoms with van der Waals surface area (Å²) in [5, 5.41) is 9.41. The fraction of sp³-hybridized carbons (Fsp3) is 0.600. The first-order chi connectivity index (χ1) is 14.2. The summed E-state index contributed by atoms with van der Waals surface area (Å²) in [4.78, 5) is 35.7. The number of terminal acetylenes is 1. The van der Waals surface area contributed by atoms with Crippen LogP contribution in [0.1, 0.15) is 57.7 Å². The number of rotatable bonds is 7. The lowest BCUT2D eigenvalue weighted by molar-refractivity contribution is -0.0430. The van der Waals surface area contributed by atoms with Gasteiger partial charge in [-0.3, -0.25) is 18.9 Å². The van der Waals surface area contributed by atoms with E-state index in [4.69, 9.17) is 15.7 Å². The Morgan fingerprint density at radius 3 is 2.63 bits per heavy atom. The molecule has 2 rings (SSSR count). The van der Waals surface area contributed by atoms with Crippen LogP contribution in [0.3, 0.4) is 0 Å². The van der Waals surface area contributed by atoms with Crippen molar-refractivity contribution in [2.75, 3.05) is 13.3 Å². The molecule has 1 aromatic rings. The summed E-state index contributed by atoms with van der Waals surface area (Å²) in [6.07, 6.45) is 6.74. The van der Waals surface area contributed by atoms with Crippen LogP contribution in [0.25, 0.3) is 0 Å². The van der Waals surface area contributed by atoms with Gasteiger partial charge in [-0.05, 0) is 12.8 Å². The van der Waals surface area contributed by atoms with Crippen molar-refractivity contribution in [1.29, 1.82) is 0 Å². The van der Waals surface area contributed by atoms with Gasteiger partial charge in [0.05, 0.1) is 12.7 Å². The lowest BCUT2D eigenvalue weighted by atomic mass is 10.2. The molecule has 30 heavy (non-hydrogen) atoms. The van der Waals surface area contributed by atoms with Gasteiger partial charge in [-0.1, -0.05) is 25.7 Å². The van der Waals surface area contributed by atoms with Gasteiger partial charge >= 0.3 is 13.3 Å². The fourth-order valence-corrected chi connectivity index (χ4v) is 3.51. The average Bonchev–Trinajstić information content (AvgIpc) is 3.08. The van der Waals surface area contributed by atoms with Gasteiger partial charge in [0.2, 0.25) is 0 Å². The van der Waals surface area contributed by atoms with E-state index in [2.05, 4.69) is 22.7 Å². The van der Waals surface area contributed by atoms with Gasteiger partial charge in [-0.2, -0.15) is 0 Å². The summed E-state index contributed by atoms with van der Waals surface area (Å²) >= 11 is 0. The normalized spacial score (nSPS) is 22.1. The van der Waals surface area contributed by atoms with Gasteiger partial charge < -0.3 is 19.3 Å². The van der Waals surface area contributed by atoms with Crippen molar-refractivity contribution in [3.8, 4) is 24.2 Å². The highest BCUT2D eigenvalue weighted by atomic mass is 31.2. The van der Waals surface area contributed by atoms with Gasteiger partial charge in [0, 0.05) is 32.1 Å². The molecule has 3 N–H and O–H groups in total. The second-order valence-electron chi connectivity index (χ2n) is 6.42. The zero-order valence-corrected chi connectivity index (χ0v) is 18.4. The predicted octanol–water partition coefficient (Wildman–Crippen LogP) is 1.59. The van der Waals surface area contributed by atoms with Gasteiger partial charge in [0.25, 0.3) is 5.56 Å². The molecular weight excluding hydrogens is 411 g/mol. The molecule has 0 aliphatic carbocycles. The highest BCUT2D eigenvalue weighted by molar-refractivity contribution is 7.51. The third-order valence-corrected chi connectivity index (χ3v) is 4.73. The number of hydrogen-bond donors (Lipinski definition) is 3. The third kappa shape index (κ3) is 7.95. The smallest absolute Gasteiger partial charge is 0.330 e. The Morgan fingerprint density at radius 2 is 2.03 bits per heavy atom. The number of aromatic amines is 1. The Kier molecular flexibility index (Phi) is 10.8. The first-order valence-corrected chi connectivity index (χ1v) is 11.8. The van der Waals surface area contributed by atoms with E-state index in [0.29, 0.717) is 12.8 Å². The Bertz CT molecular complexity index is 945. The molecule has 1 aromatic heterocycles. The Labute approximate surface area is 176 Å². The minimum absolute atomic E-state index is 0.0501. The van der Waals surface area contributed by atoms with Crippen LogP contribution in [0.5, 0.6) is 0 Å². The van der Waals surface area contributed by atoms with Crippen LogP contribution in [0.15, 0.2) is 15.8 Å². The largest absolute Gasteiger partial charge is 0.394 e. The minimum atomic E-state index is -3.81. The Hall–Kier alpha value is -2.13. The van der Waals surface area contributed by atoms with E-state index in [0.717, 1.165) is 24.1 Å². The van der Waals surface area contributed by atoms with Crippen molar-refractivity contribution in [2.45, 2.75) is 64.4 Å². The molecule has 0 bridgehead atoms. The van der Waals surface area contributed by atoms with Crippen LogP contribution in [0, 0.1) is 24.2 Å². The van der Waals surface area contributed by atoms with Crippen LogP contribution in [-0.4, -0.2) is 45.0 Å². The molecule has 2 heterocycles. The fourth-order valence-electron chi connectivity index (χ4n) is 2.78. The van der Waals surface area contributed by atoms with Gasteiger partial charge in [-0.15, -0.1) is 12.3 Å². The zero-order valence-electron chi connectivity index (χ0n) is 17.5. The number of unbranched alkanes of at least 4 members (excludes halogenated alkanes) is 3. The monoisotopic (exact) mass is 440 g/mol. The maximum Gasteiger partial charge on any atom is 0.330 e. The number of hydrogen-bond acceptors (Lipinski definition) is 6. The van der Waals surface area contributed by atoms with Crippen molar-refractivity contribution >= 4 is 7.60 Å². The van der Waals surface area contributed by atoms with Crippen molar-refractivity contribution in [1.82, 2.24) is 9.55 Å². The SMILES string of the molecule is C#CCCCCC#Cc1cn([C@H]2C[C@@H](OP(C)(=O)O)C(CO)O2)c(=O)[nH]c1=O.CC. The zero-order chi connectivity index (χ0) is 22.7. The summed E-state index contributed by atoms with van der Waals surface area (Å²) in [5.41, 5.74) is -1.24. The molecule has 166 valence electrons. The van der Waals surface area contributed by atoms with E-state index in [1.54, 1.807) is 0 Å². The summed E-state index contributed by atoms with van der Waals surface area (Å²) in [6, 6.07) is 0. The minimum Gasteiger partial charge on any atom is -0.394 e. The molecule has 0 spiro atoms. The maximum atomic E-state index is 12.2. The molecule has 9 nitrogen and oxygen atoms in total. The number of ether oxygens (including phenoxy) is 1. The van der Waals surface area contributed by atoms with Crippen molar-refractivity contribution in [3.05, 3.63) is 32.6 Å². The standard InChI is InChI=1S/C18H23N2O7P.C2H6/c1-3-4-5-6-7-8-9-13-11-20(18(23)19-17(13)22)16-10-14(15(12-21)26-16)27-28(2,24)25;1-2/h1,11,14-16,21H,4-7,10,12H2,2H3,(H,24,25)(H,19,22,23);1-2H3/t14-,15?,16-;/m1./s1. The molecule has 0 radical (unpaired) electrons. The van der Waals surface area contributed by atoms with Crippen LogP contribution < -0.4 is 11.2 Å². The number of aromatic nitrogens is 2. The van der Waals surface area contributed by atoms with Crippen molar-refractivity contribution < 1.29 is 23.8 Å². The van der Waals surface area contributed by atoms with Crippen LogP contribution in [-0.2, 0) is 13.8 Å². The molecule has 1 aliphatic heterocycles. The maximum absolute atomic E-state index is 12.2. The summed E-state index contributed by atoms with van der Waals surface area (Å²) in [7, 11) is -3.81. The van der Waals surface area contributed by atoms with Crippen LogP contribution in [0.2, 0.25) is 0 Å². The molecule has 0 aromatic carbocycles. The number of nitrogens with zero attached hydrogens (tertiary/aromatic N) is 1. The van der Waals surface area contributed by atoms with E-state index in [1.165, 1.54) is 6.20 Å². The quantitative estimate of drug-likeness (QED) is 0.333. The molecule has 1 saturated heterocycles. The molecule has 0 amide bonds. The van der Waals surface area contributed by atoms with E-state index < -0.39 is 43.9 Å². The van der Waals surface area contributed by atoms with E-state index in [9.17, 15) is 24.2 Å². The molecule has 2 unspecified atom stereocenters. The first kappa shape index (κ1) is 25.9. The lowest BCUT2D eigenvalue weighted by Crippen LogP contribution is -2.33. The van der Waals surface area contributed by atoms with Gasteiger partial charge in [0.1, 0.15) is 17.9 Å². The molecule has 10 heteroatoms. The average molecular weight is 440 g/mol. The molecular formula is C20H29N2O7P. The molecule has 1 aliphatic rings. The summed E-state index contributed by atoms with van der Waals surface area (Å²) in [5.74, 6) is 8.14. The van der Waals surface area contributed by atoms with Crippen LogP contribution >= 0.6 is 7.60 Å². The number of H-pyrrole nitrogens is 1. The first-order valence-electron chi connectivity index (χ1n) is 9.78. The topological polar surface area (TPSA) is 131 Å². The molecule has 4 atom stereocenters. The highest BCUT2D eigenvalue weighted by Crippen LogP contribution is 2.43. The Balaban J connectivity index is 0.00000218. The summed E-state index contributed by atoms with van der Waals surface area (Å²) in [6.45, 7) is 4.57. The summed E-state index contributed by atoms with van der Waals surface area (Å²) < 4.78 is 23.3.